The van der Waals surface area contributed by atoms with Crippen LogP contribution in [0.25, 0.3) is 0 Å². The largest absolute Gasteiger partial charge is 0.339 e. The highest BCUT2D eigenvalue weighted by Crippen LogP contribution is 2.17. The van der Waals surface area contributed by atoms with Crippen molar-refractivity contribution in [2.75, 3.05) is 26.2 Å². The molecule has 0 spiro atoms. The molecule has 2 aliphatic heterocycles. The van der Waals surface area contributed by atoms with Crippen LogP contribution < -0.4 is 0 Å². The lowest BCUT2D eigenvalue weighted by molar-refractivity contribution is 0.0724. The van der Waals surface area contributed by atoms with Gasteiger partial charge in [-0.25, -0.2) is 0 Å². The maximum atomic E-state index is 12.5. The first-order valence-electron chi connectivity index (χ1n) is 7.94. The van der Waals surface area contributed by atoms with Gasteiger partial charge in [-0.1, -0.05) is 6.07 Å². The molecule has 0 aliphatic carbocycles. The van der Waals surface area contributed by atoms with E-state index in [4.69, 9.17) is 0 Å². The fourth-order valence-electron chi connectivity index (χ4n) is 3.17. The average molecular weight is 286 g/mol. The van der Waals surface area contributed by atoms with E-state index >= 15 is 0 Å². The van der Waals surface area contributed by atoms with Crippen LogP contribution in [-0.2, 0) is 0 Å². The highest BCUT2D eigenvalue weighted by atomic mass is 16.2. The van der Waals surface area contributed by atoms with Gasteiger partial charge in [0.25, 0.3) is 11.8 Å². The maximum Gasteiger partial charge on any atom is 0.253 e. The molecule has 0 radical (unpaired) electrons. The number of nitrogens with zero attached hydrogens (tertiary/aromatic N) is 2. The van der Waals surface area contributed by atoms with Gasteiger partial charge >= 0.3 is 0 Å². The van der Waals surface area contributed by atoms with Gasteiger partial charge < -0.3 is 9.80 Å². The molecule has 2 aliphatic rings. The summed E-state index contributed by atoms with van der Waals surface area (Å²) in [6, 6.07) is 7.21. The molecule has 4 nitrogen and oxygen atoms in total. The van der Waals surface area contributed by atoms with Crippen molar-refractivity contribution in [2.45, 2.75) is 32.1 Å². The molecule has 0 N–H and O–H groups in total. The summed E-state index contributed by atoms with van der Waals surface area (Å²) in [6.45, 7) is 3.35. The number of hydrogen-bond donors (Lipinski definition) is 0. The Morgan fingerprint density at radius 2 is 1.14 bits per heavy atom. The normalized spacial score (nSPS) is 18.9. The Balaban J connectivity index is 1.75. The number of piperidine rings is 1. The summed E-state index contributed by atoms with van der Waals surface area (Å²) >= 11 is 0. The summed E-state index contributed by atoms with van der Waals surface area (Å²) < 4.78 is 0. The van der Waals surface area contributed by atoms with Crippen LogP contribution in [0.1, 0.15) is 52.8 Å². The molecule has 2 fully saturated rings. The SMILES string of the molecule is O=C(c1cccc(C(=O)N2CCCC2)c1)N1CCCCC1. The fraction of sp³-hybridized carbons (Fsp3) is 0.529. The molecule has 2 heterocycles. The molecule has 3 rings (SSSR count). The molecule has 0 saturated carbocycles. The molecule has 1 aromatic carbocycles. The van der Waals surface area contributed by atoms with Gasteiger partial charge in [-0.15, -0.1) is 0 Å². The van der Waals surface area contributed by atoms with Crippen LogP contribution in [0.4, 0.5) is 0 Å². The Morgan fingerprint density at radius 1 is 0.714 bits per heavy atom. The van der Waals surface area contributed by atoms with Crippen molar-refractivity contribution in [1.82, 2.24) is 9.80 Å². The fourth-order valence-corrected chi connectivity index (χ4v) is 3.17. The van der Waals surface area contributed by atoms with Crippen LogP contribution >= 0.6 is 0 Å². The Hall–Kier alpha value is -1.84. The molecule has 2 saturated heterocycles. The second-order valence-electron chi connectivity index (χ2n) is 5.93. The highest BCUT2D eigenvalue weighted by molar-refractivity contribution is 5.99. The zero-order valence-corrected chi connectivity index (χ0v) is 12.4. The first-order chi connectivity index (χ1) is 10.3. The zero-order valence-electron chi connectivity index (χ0n) is 12.4. The predicted molar refractivity (Wildman–Crippen MR) is 81.3 cm³/mol. The van der Waals surface area contributed by atoms with Crippen molar-refractivity contribution in [3.05, 3.63) is 35.4 Å². The minimum Gasteiger partial charge on any atom is -0.339 e. The van der Waals surface area contributed by atoms with E-state index in [1.54, 1.807) is 6.07 Å². The molecular weight excluding hydrogens is 264 g/mol. The number of benzene rings is 1. The number of hydrogen-bond acceptors (Lipinski definition) is 2. The topological polar surface area (TPSA) is 40.6 Å². The first-order valence-corrected chi connectivity index (χ1v) is 7.94. The summed E-state index contributed by atoms with van der Waals surface area (Å²) in [5.74, 6) is 0.117. The third-order valence-corrected chi connectivity index (χ3v) is 4.39. The van der Waals surface area contributed by atoms with E-state index in [-0.39, 0.29) is 11.8 Å². The quantitative estimate of drug-likeness (QED) is 0.838. The molecule has 0 bridgehead atoms. The molecule has 4 heteroatoms. The number of carbonyl (C=O) groups excluding carboxylic acids is 2. The van der Waals surface area contributed by atoms with Crippen LogP contribution in [0, 0.1) is 0 Å². The highest BCUT2D eigenvalue weighted by Gasteiger charge is 2.22. The predicted octanol–water partition coefficient (Wildman–Crippen LogP) is 2.55. The van der Waals surface area contributed by atoms with E-state index in [0.717, 1.165) is 51.9 Å². The zero-order chi connectivity index (χ0) is 14.7. The van der Waals surface area contributed by atoms with Gasteiger partial charge in [0.15, 0.2) is 0 Å². The van der Waals surface area contributed by atoms with E-state index < -0.39 is 0 Å². The smallest absolute Gasteiger partial charge is 0.253 e. The lowest BCUT2D eigenvalue weighted by Gasteiger charge is -2.27. The summed E-state index contributed by atoms with van der Waals surface area (Å²) in [6.07, 6.45) is 5.53. The van der Waals surface area contributed by atoms with E-state index in [2.05, 4.69) is 0 Å². The van der Waals surface area contributed by atoms with Crippen LogP contribution in [0.15, 0.2) is 24.3 Å². The molecule has 0 unspecified atom stereocenters. The Bertz CT molecular complexity index is 529. The number of rotatable bonds is 2. The molecular formula is C17H22N2O2. The number of amides is 2. The van der Waals surface area contributed by atoms with Gasteiger partial charge in [0.1, 0.15) is 0 Å². The van der Waals surface area contributed by atoms with E-state index in [0.29, 0.717) is 11.1 Å². The second-order valence-corrected chi connectivity index (χ2v) is 5.93. The Labute approximate surface area is 125 Å². The van der Waals surface area contributed by atoms with Crippen LogP contribution in [0.5, 0.6) is 0 Å². The van der Waals surface area contributed by atoms with E-state index in [9.17, 15) is 9.59 Å². The minimum absolute atomic E-state index is 0.0563. The Kier molecular flexibility index (Phi) is 4.23. The van der Waals surface area contributed by atoms with Crippen molar-refractivity contribution >= 4 is 11.8 Å². The van der Waals surface area contributed by atoms with Gasteiger partial charge in [-0.3, -0.25) is 9.59 Å². The molecule has 1 aromatic rings. The van der Waals surface area contributed by atoms with Crippen molar-refractivity contribution in [3.63, 3.8) is 0 Å². The summed E-state index contributed by atoms with van der Waals surface area (Å²) in [7, 11) is 0. The summed E-state index contributed by atoms with van der Waals surface area (Å²) in [5, 5.41) is 0. The number of carbonyl (C=O) groups is 2. The molecule has 0 aromatic heterocycles. The first kappa shape index (κ1) is 14.1. The molecule has 21 heavy (non-hydrogen) atoms. The van der Waals surface area contributed by atoms with Crippen molar-refractivity contribution in [3.8, 4) is 0 Å². The molecule has 2 amide bonds. The standard InChI is InChI=1S/C17H22N2O2/c20-16(18-9-2-1-3-10-18)14-7-6-8-15(13-14)17(21)19-11-4-5-12-19/h6-8,13H,1-5,9-12H2. The monoisotopic (exact) mass is 286 g/mol. The lowest BCUT2D eigenvalue weighted by atomic mass is 10.1. The van der Waals surface area contributed by atoms with Gasteiger partial charge in [-0.2, -0.15) is 0 Å². The van der Waals surface area contributed by atoms with Crippen molar-refractivity contribution in [2.24, 2.45) is 0 Å². The van der Waals surface area contributed by atoms with Crippen molar-refractivity contribution in [1.29, 1.82) is 0 Å². The maximum absolute atomic E-state index is 12.5. The van der Waals surface area contributed by atoms with Gasteiger partial charge in [-0.05, 0) is 50.3 Å². The van der Waals surface area contributed by atoms with Gasteiger partial charge in [0.2, 0.25) is 0 Å². The Morgan fingerprint density at radius 3 is 1.62 bits per heavy atom. The van der Waals surface area contributed by atoms with E-state index in [1.807, 2.05) is 28.0 Å². The van der Waals surface area contributed by atoms with Crippen LogP contribution in [0.3, 0.4) is 0 Å². The van der Waals surface area contributed by atoms with Gasteiger partial charge in [0, 0.05) is 37.3 Å². The van der Waals surface area contributed by atoms with Crippen molar-refractivity contribution < 1.29 is 9.59 Å². The lowest BCUT2D eigenvalue weighted by Crippen LogP contribution is -2.35. The third kappa shape index (κ3) is 3.09. The molecule has 112 valence electrons. The van der Waals surface area contributed by atoms with Crippen LogP contribution in [0.2, 0.25) is 0 Å². The van der Waals surface area contributed by atoms with Crippen LogP contribution in [-0.4, -0.2) is 47.8 Å². The minimum atomic E-state index is 0.0563. The van der Waals surface area contributed by atoms with E-state index in [1.165, 1.54) is 6.42 Å². The molecule has 0 atom stereocenters. The third-order valence-electron chi connectivity index (χ3n) is 4.39. The summed E-state index contributed by atoms with van der Waals surface area (Å²) in [4.78, 5) is 28.7. The van der Waals surface area contributed by atoms with Gasteiger partial charge in [0.05, 0.1) is 0 Å². The average Bonchev–Trinajstić information content (AvgIpc) is 3.09. The second kappa shape index (κ2) is 6.29. The summed E-state index contributed by atoms with van der Waals surface area (Å²) in [5.41, 5.74) is 1.28. The number of likely N-dealkylation sites (tertiary alicyclic amines) is 2.